The summed E-state index contributed by atoms with van der Waals surface area (Å²) in [7, 11) is 0. The third-order valence-corrected chi connectivity index (χ3v) is 6.33. The zero-order chi connectivity index (χ0) is 19.5. The van der Waals surface area contributed by atoms with E-state index >= 15 is 0 Å². The molecule has 5 heteroatoms. The molecule has 1 N–H and O–H groups in total. The maximum absolute atomic E-state index is 4.98. The molecule has 2 rings (SSSR count). The summed E-state index contributed by atoms with van der Waals surface area (Å²) in [4.78, 5) is 12.7. The van der Waals surface area contributed by atoms with Crippen molar-refractivity contribution in [1.82, 2.24) is 20.0 Å². The highest BCUT2D eigenvalue weighted by Gasteiger charge is 2.31. The van der Waals surface area contributed by atoms with E-state index in [0.717, 1.165) is 32.1 Å². The first-order valence-electron chi connectivity index (χ1n) is 11.6. The molecule has 158 valence electrons. The van der Waals surface area contributed by atoms with Crippen molar-refractivity contribution in [1.29, 1.82) is 0 Å². The standard InChI is InChI=1S/C22H45N5/c1-5-11-22(4)12-10-15-27(20-22)21(23-6-2)24-13-8-9-14-26-18-16-25(7-3)17-19-26/h5-20H2,1-4H3,(H,23,24). The van der Waals surface area contributed by atoms with Gasteiger partial charge in [-0.1, -0.05) is 27.2 Å². The van der Waals surface area contributed by atoms with Crippen molar-refractivity contribution in [3.63, 3.8) is 0 Å². The summed E-state index contributed by atoms with van der Waals surface area (Å²) in [5.41, 5.74) is 0.462. The second-order valence-corrected chi connectivity index (χ2v) is 8.80. The summed E-state index contributed by atoms with van der Waals surface area (Å²) in [6.45, 7) is 20.9. The fourth-order valence-corrected chi connectivity index (χ4v) is 4.69. The molecule has 2 aliphatic rings. The van der Waals surface area contributed by atoms with Crippen LogP contribution in [0.1, 0.15) is 66.2 Å². The zero-order valence-electron chi connectivity index (χ0n) is 18.6. The van der Waals surface area contributed by atoms with Gasteiger partial charge in [-0.3, -0.25) is 4.99 Å². The van der Waals surface area contributed by atoms with Gasteiger partial charge in [0, 0.05) is 52.4 Å². The van der Waals surface area contributed by atoms with Crippen LogP contribution in [0.4, 0.5) is 0 Å². The van der Waals surface area contributed by atoms with Crippen molar-refractivity contribution < 1.29 is 0 Å². The predicted octanol–water partition coefficient (Wildman–Crippen LogP) is 3.27. The zero-order valence-corrected chi connectivity index (χ0v) is 18.6. The number of aliphatic imine (C=N–C) groups is 1. The van der Waals surface area contributed by atoms with E-state index < -0.39 is 0 Å². The highest BCUT2D eigenvalue weighted by Crippen LogP contribution is 2.33. The molecule has 2 saturated heterocycles. The molecule has 0 spiro atoms. The maximum atomic E-state index is 4.98. The lowest BCUT2D eigenvalue weighted by Gasteiger charge is -2.42. The molecule has 0 bridgehead atoms. The van der Waals surface area contributed by atoms with Gasteiger partial charge in [-0.2, -0.15) is 0 Å². The van der Waals surface area contributed by atoms with Crippen LogP contribution in [0.25, 0.3) is 0 Å². The third kappa shape index (κ3) is 7.61. The Kier molecular flexibility index (Phi) is 9.91. The normalized spacial score (nSPS) is 25.8. The van der Waals surface area contributed by atoms with Gasteiger partial charge in [0.05, 0.1) is 0 Å². The van der Waals surface area contributed by atoms with Crippen LogP contribution in [0.5, 0.6) is 0 Å². The Morgan fingerprint density at radius 2 is 1.74 bits per heavy atom. The highest BCUT2D eigenvalue weighted by molar-refractivity contribution is 5.80. The van der Waals surface area contributed by atoms with Crippen LogP contribution in [0.2, 0.25) is 0 Å². The second-order valence-electron chi connectivity index (χ2n) is 8.80. The predicted molar refractivity (Wildman–Crippen MR) is 118 cm³/mol. The summed E-state index contributed by atoms with van der Waals surface area (Å²) >= 11 is 0. The van der Waals surface area contributed by atoms with Crippen molar-refractivity contribution in [2.24, 2.45) is 10.4 Å². The number of guanidine groups is 1. The van der Waals surface area contributed by atoms with Crippen LogP contribution in [0.15, 0.2) is 4.99 Å². The topological polar surface area (TPSA) is 34.1 Å². The molecule has 0 aromatic rings. The minimum atomic E-state index is 0.462. The number of hydrogen-bond acceptors (Lipinski definition) is 3. The number of likely N-dealkylation sites (tertiary alicyclic amines) is 1. The van der Waals surface area contributed by atoms with Gasteiger partial charge >= 0.3 is 0 Å². The fraction of sp³-hybridized carbons (Fsp3) is 0.955. The van der Waals surface area contributed by atoms with Gasteiger partial charge in [0.1, 0.15) is 0 Å². The van der Waals surface area contributed by atoms with Crippen molar-refractivity contribution in [2.45, 2.75) is 66.2 Å². The summed E-state index contributed by atoms with van der Waals surface area (Å²) in [6.07, 6.45) is 7.73. The van der Waals surface area contributed by atoms with Gasteiger partial charge < -0.3 is 20.0 Å². The van der Waals surface area contributed by atoms with Gasteiger partial charge in [-0.25, -0.2) is 0 Å². The van der Waals surface area contributed by atoms with Crippen molar-refractivity contribution in [2.75, 3.05) is 65.4 Å². The summed E-state index contributed by atoms with van der Waals surface area (Å²) in [5.74, 6) is 1.15. The summed E-state index contributed by atoms with van der Waals surface area (Å²) in [5, 5.41) is 3.54. The SMILES string of the molecule is CCCC1(C)CCCN(C(=NCCCCN2CCN(CC)CC2)NCC)C1. The second kappa shape index (κ2) is 11.9. The first kappa shape index (κ1) is 22.5. The van der Waals surface area contributed by atoms with E-state index in [-0.39, 0.29) is 0 Å². The molecule has 5 nitrogen and oxygen atoms in total. The minimum absolute atomic E-state index is 0.462. The summed E-state index contributed by atoms with van der Waals surface area (Å²) in [6, 6.07) is 0. The number of unbranched alkanes of at least 4 members (excludes halogenated alkanes) is 1. The van der Waals surface area contributed by atoms with Gasteiger partial charge in [0.2, 0.25) is 0 Å². The van der Waals surface area contributed by atoms with Crippen molar-refractivity contribution in [3.8, 4) is 0 Å². The Hall–Kier alpha value is -0.810. The number of likely N-dealkylation sites (N-methyl/N-ethyl adjacent to an activating group) is 1. The van der Waals surface area contributed by atoms with E-state index in [1.54, 1.807) is 0 Å². The van der Waals surface area contributed by atoms with Crippen LogP contribution in [-0.4, -0.2) is 86.1 Å². The average Bonchev–Trinajstić information content (AvgIpc) is 2.67. The average molecular weight is 380 g/mol. The van der Waals surface area contributed by atoms with E-state index in [1.165, 1.54) is 77.8 Å². The number of nitrogens with zero attached hydrogens (tertiary/aromatic N) is 4. The number of piperazine rings is 1. The highest BCUT2D eigenvalue weighted by atomic mass is 15.3. The van der Waals surface area contributed by atoms with Gasteiger partial charge in [0.15, 0.2) is 5.96 Å². The number of nitrogens with one attached hydrogen (secondary N) is 1. The molecule has 0 aromatic heterocycles. The van der Waals surface area contributed by atoms with E-state index in [1.807, 2.05) is 0 Å². The number of hydrogen-bond donors (Lipinski definition) is 1. The largest absolute Gasteiger partial charge is 0.357 e. The van der Waals surface area contributed by atoms with Gasteiger partial charge in [-0.05, 0) is 57.5 Å². The van der Waals surface area contributed by atoms with Gasteiger partial charge in [0.25, 0.3) is 0 Å². The van der Waals surface area contributed by atoms with Gasteiger partial charge in [-0.15, -0.1) is 0 Å². The first-order valence-corrected chi connectivity index (χ1v) is 11.6. The van der Waals surface area contributed by atoms with Crippen LogP contribution in [0, 0.1) is 5.41 Å². The molecule has 0 aromatic carbocycles. The number of piperidine rings is 1. The molecule has 0 aliphatic carbocycles. The Morgan fingerprint density at radius 3 is 2.41 bits per heavy atom. The molecule has 1 unspecified atom stereocenters. The van der Waals surface area contributed by atoms with E-state index in [2.05, 4.69) is 47.7 Å². The molecular formula is C22H45N5. The molecule has 27 heavy (non-hydrogen) atoms. The third-order valence-electron chi connectivity index (χ3n) is 6.33. The monoisotopic (exact) mass is 379 g/mol. The Balaban J connectivity index is 1.73. The molecule has 1 atom stereocenters. The van der Waals surface area contributed by atoms with E-state index in [4.69, 9.17) is 4.99 Å². The minimum Gasteiger partial charge on any atom is -0.357 e. The van der Waals surface area contributed by atoms with Crippen molar-refractivity contribution in [3.05, 3.63) is 0 Å². The van der Waals surface area contributed by atoms with Crippen LogP contribution in [0.3, 0.4) is 0 Å². The quantitative estimate of drug-likeness (QED) is 0.379. The smallest absolute Gasteiger partial charge is 0.193 e. The first-order chi connectivity index (χ1) is 13.1. The van der Waals surface area contributed by atoms with Crippen LogP contribution >= 0.6 is 0 Å². The maximum Gasteiger partial charge on any atom is 0.193 e. The molecule has 0 amide bonds. The molecule has 0 saturated carbocycles. The Morgan fingerprint density at radius 1 is 1.00 bits per heavy atom. The fourth-order valence-electron chi connectivity index (χ4n) is 4.69. The number of rotatable bonds is 9. The molecule has 0 radical (unpaired) electrons. The lowest BCUT2D eigenvalue weighted by molar-refractivity contribution is 0.136. The van der Waals surface area contributed by atoms with Crippen LogP contribution in [-0.2, 0) is 0 Å². The summed E-state index contributed by atoms with van der Waals surface area (Å²) < 4.78 is 0. The van der Waals surface area contributed by atoms with E-state index in [0.29, 0.717) is 5.41 Å². The molecule has 2 aliphatic heterocycles. The van der Waals surface area contributed by atoms with Crippen molar-refractivity contribution >= 4 is 5.96 Å². The Bertz CT molecular complexity index is 426. The lowest BCUT2D eigenvalue weighted by atomic mass is 9.78. The van der Waals surface area contributed by atoms with E-state index in [9.17, 15) is 0 Å². The lowest BCUT2D eigenvalue weighted by Crippen LogP contribution is -2.49. The van der Waals surface area contributed by atoms with Crippen LogP contribution < -0.4 is 5.32 Å². The molecule has 2 fully saturated rings. The molecule has 2 heterocycles. The Labute approximate surface area is 168 Å². The molecular weight excluding hydrogens is 334 g/mol.